The molecule has 3 atom stereocenters. The van der Waals surface area contributed by atoms with Crippen LogP contribution in [0.25, 0.3) is 0 Å². The quantitative estimate of drug-likeness (QED) is 0.653. The first-order valence-corrected chi connectivity index (χ1v) is 10.8. The van der Waals surface area contributed by atoms with E-state index in [1.807, 2.05) is 67.6 Å². The van der Waals surface area contributed by atoms with Gasteiger partial charge in [0.2, 0.25) is 11.8 Å². The Labute approximate surface area is 181 Å². The van der Waals surface area contributed by atoms with Crippen molar-refractivity contribution < 1.29 is 14.7 Å². The van der Waals surface area contributed by atoms with Crippen LogP contribution in [0.4, 0.5) is 5.69 Å². The van der Waals surface area contributed by atoms with E-state index >= 15 is 0 Å². The number of nitrogens with zero attached hydrogens (tertiary/aromatic N) is 1. The molecule has 0 spiro atoms. The van der Waals surface area contributed by atoms with E-state index in [1.165, 1.54) is 4.90 Å². The Morgan fingerprint density at radius 2 is 1.39 bits per heavy atom. The van der Waals surface area contributed by atoms with Crippen molar-refractivity contribution in [2.75, 3.05) is 4.90 Å². The fourth-order valence-electron chi connectivity index (χ4n) is 6.49. The molecule has 4 heteroatoms. The first-order valence-electron chi connectivity index (χ1n) is 10.8. The minimum absolute atomic E-state index is 0.169. The van der Waals surface area contributed by atoms with Crippen molar-refractivity contribution in [3.63, 3.8) is 0 Å². The second-order valence-electron chi connectivity index (χ2n) is 9.05. The molecule has 0 saturated carbocycles. The summed E-state index contributed by atoms with van der Waals surface area (Å²) in [5, 5.41) is 11.3. The number of anilines is 1. The number of amides is 2. The van der Waals surface area contributed by atoms with Crippen molar-refractivity contribution in [2.24, 2.45) is 11.8 Å². The molecule has 4 nitrogen and oxygen atoms in total. The molecule has 7 rings (SSSR count). The number of aryl methyl sites for hydroxylation is 1. The van der Waals surface area contributed by atoms with Crippen LogP contribution in [0.3, 0.4) is 0 Å². The lowest BCUT2D eigenvalue weighted by Crippen LogP contribution is -2.58. The standard InChI is InChI=1S/C27H23NO3/c1-15-11-13-17(14-12-15)28-25(30)23-22-18-7-3-5-9-20(18)27(16(2)29,24(23)26(28)31)21-10-6-4-8-19(21)22/h3-14,16,22-24,29H,1-2H3/t16-,22?,23+,24+,27?/m1/s1. The van der Waals surface area contributed by atoms with E-state index in [4.69, 9.17) is 0 Å². The summed E-state index contributed by atoms with van der Waals surface area (Å²) in [6.45, 7) is 3.73. The molecule has 3 aromatic rings. The van der Waals surface area contributed by atoms with E-state index < -0.39 is 23.4 Å². The first-order chi connectivity index (χ1) is 15.0. The summed E-state index contributed by atoms with van der Waals surface area (Å²) in [7, 11) is 0. The molecule has 4 aliphatic rings. The Morgan fingerprint density at radius 1 is 0.839 bits per heavy atom. The Hall–Kier alpha value is -3.24. The third kappa shape index (κ3) is 2.08. The highest BCUT2D eigenvalue weighted by atomic mass is 16.3. The Balaban J connectivity index is 1.66. The van der Waals surface area contributed by atoms with Crippen LogP contribution in [-0.4, -0.2) is 23.0 Å². The van der Waals surface area contributed by atoms with Crippen LogP contribution in [0.5, 0.6) is 0 Å². The second kappa shape index (κ2) is 6.14. The maximum Gasteiger partial charge on any atom is 0.239 e. The lowest BCUT2D eigenvalue weighted by molar-refractivity contribution is -0.126. The fourth-order valence-corrected chi connectivity index (χ4v) is 6.49. The zero-order chi connectivity index (χ0) is 21.5. The van der Waals surface area contributed by atoms with Crippen LogP contribution in [0.15, 0.2) is 72.8 Å². The third-order valence-electron chi connectivity index (χ3n) is 7.63. The fraction of sp³-hybridized carbons (Fsp3) is 0.259. The van der Waals surface area contributed by atoms with E-state index in [2.05, 4.69) is 12.1 Å². The molecule has 3 aliphatic carbocycles. The van der Waals surface area contributed by atoms with Gasteiger partial charge >= 0.3 is 0 Å². The number of imide groups is 1. The van der Waals surface area contributed by atoms with E-state index in [9.17, 15) is 14.7 Å². The maximum absolute atomic E-state index is 13.9. The minimum atomic E-state index is -0.946. The van der Waals surface area contributed by atoms with Gasteiger partial charge in [0.05, 0.1) is 29.0 Å². The third-order valence-corrected chi connectivity index (χ3v) is 7.63. The largest absolute Gasteiger partial charge is 0.392 e. The summed E-state index contributed by atoms with van der Waals surface area (Å²) in [6, 6.07) is 23.5. The molecule has 2 amide bonds. The van der Waals surface area contributed by atoms with Crippen LogP contribution in [0.1, 0.15) is 40.7 Å². The first kappa shape index (κ1) is 18.5. The molecule has 2 bridgehead atoms. The number of carbonyl (C=O) groups is 2. The van der Waals surface area contributed by atoms with Gasteiger partial charge in [-0.3, -0.25) is 9.59 Å². The number of aliphatic hydroxyl groups is 1. The van der Waals surface area contributed by atoms with Crippen LogP contribution < -0.4 is 4.90 Å². The minimum Gasteiger partial charge on any atom is -0.392 e. The predicted octanol–water partition coefficient (Wildman–Crippen LogP) is 3.93. The number of benzene rings is 3. The molecule has 1 aliphatic heterocycles. The van der Waals surface area contributed by atoms with E-state index in [1.54, 1.807) is 6.92 Å². The summed E-state index contributed by atoms with van der Waals surface area (Å²) in [6.07, 6.45) is -0.835. The SMILES string of the molecule is Cc1ccc(N2C(=O)[C@@H]3[C@@H](C2=O)C2c4ccccc4C3([C@@H](C)O)c3ccccc32)cc1. The summed E-state index contributed by atoms with van der Waals surface area (Å²) < 4.78 is 0. The van der Waals surface area contributed by atoms with E-state index in [0.717, 1.165) is 27.8 Å². The van der Waals surface area contributed by atoms with Crippen LogP contribution in [-0.2, 0) is 15.0 Å². The molecular formula is C27H23NO3. The number of rotatable bonds is 2. The summed E-state index contributed by atoms with van der Waals surface area (Å²) in [4.78, 5) is 29.1. The lowest BCUT2D eigenvalue weighted by atomic mass is 9.46. The molecule has 0 unspecified atom stereocenters. The van der Waals surface area contributed by atoms with Gasteiger partial charge in [0.1, 0.15) is 0 Å². The molecule has 3 aromatic carbocycles. The molecule has 0 aromatic heterocycles. The summed E-state index contributed by atoms with van der Waals surface area (Å²) in [5.74, 6) is -1.72. The Kier molecular flexibility index (Phi) is 3.67. The van der Waals surface area contributed by atoms with Crippen LogP contribution in [0.2, 0.25) is 0 Å². The van der Waals surface area contributed by atoms with Gasteiger partial charge in [-0.2, -0.15) is 0 Å². The van der Waals surface area contributed by atoms with Gasteiger partial charge < -0.3 is 5.11 Å². The van der Waals surface area contributed by atoms with Crippen LogP contribution in [0, 0.1) is 18.8 Å². The highest BCUT2D eigenvalue weighted by molar-refractivity contribution is 6.23. The molecule has 0 radical (unpaired) electrons. The summed E-state index contributed by atoms with van der Waals surface area (Å²) >= 11 is 0. The highest BCUT2D eigenvalue weighted by Crippen LogP contribution is 2.65. The average molecular weight is 409 g/mol. The van der Waals surface area contributed by atoms with Gasteiger partial charge in [-0.05, 0) is 48.2 Å². The van der Waals surface area contributed by atoms with Crippen molar-refractivity contribution >= 4 is 17.5 Å². The van der Waals surface area contributed by atoms with Crippen molar-refractivity contribution in [1.82, 2.24) is 0 Å². The van der Waals surface area contributed by atoms with E-state index in [-0.39, 0.29) is 17.7 Å². The molecule has 31 heavy (non-hydrogen) atoms. The number of carbonyl (C=O) groups excluding carboxylic acids is 2. The normalized spacial score (nSPS) is 28.9. The molecule has 1 heterocycles. The maximum atomic E-state index is 13.9. The number of aliphatic hydroxyl groups excluding tert-OH is 1. The molecule has 1 N–H and O–H groups in total. The second-order valence-corrected chi connectivity index (χ2v) is 9.05. The van der Waals surface area contributed by atoms with Crippen molar-refractivity contribution in [3.05, 3.63) is 101 Å². The highest BCUT2D eigenvalue weighted by Gasteiger charge is 2.69. The molecule has 1 saturated heterocycles. The smallest absolute Gasteiger partial charge is 0.239 e. The zero-order valence-electron chi connectivity index (χ0n) is 17.4. The van der Waals surface area contributed by atoms with Gasteiger partial charge in [-0.1, -0.05) is 66.2 Å². The van der Waals surface area contributed by atoms with Gasteiger partial charge in [0.15, 0.2) is 0 Å². The van der Waals surface area contributed by atoms with Gasteiger partial charge in [-0.15, -0.1) is 0 Å². The number of hydrogen-bond donors (Lipinski definition) is 1. The van der Waals surface area contributed by atoms with E-state index in [0.29, 0.717) is 5.69 Å². The topological polar surface area (TPSA) is 57.6 Å². The number of hydrogen-bond acceptors (Lipinski definition) is 3. The van der Waals surface area contributed by atoms with Gasteiger partial charge in [0.25, 0.3) is 0 Å². The van der Waals surface area contributed by atoms with Crippen molar-refractivity contribution in [3.8, 4) is 0 Å². The van der Waals surface area contributed by atoms with Crippen molar-refractivity contribution in [2.45, 2.75) is 31.3 Å². The molecule has 154 valence electrons. The Bertz CT molecular complexity index is 1200. The zero-order valence-corrected chi connectivity index (χ0v) is 17.4. The monoisotopic (exact) mass is 409 g/mol. The lowest BCUT2D eigenvalue weighted by Gasteiger charge is -2.55. The Morgan fingerprint density at radius 3 is 1.94 bits per heavy atom. The summed E-state index contributed by atoms with van der Waals surface area (Å²) in [5.41, 5.74) is 4.77. The van der Waals surface area contributed by atoms with Crippen molar-refractivity contribution in [1.29, 1.82) is 0 Å². The molecular weight excluding hydrogens is 386 g/mol. The molecule has 1 fully saturated rings. The van der Waals surface area contributed by atoms with Gasteiger partial charge in [-0.25, -0.2) is 4.90 Å². The average Bonchev–Trinajstić information content (AvgIpc) is 3.05. The predicted molar refractivity (Wildman–Crippen MR) is 118 cm³/mol. The van der Waals surface area contributed by atoms with Crippen LogP contribution >= 0.6 is 0 Å². The van der Waals surface area contributed by atoms with Gasteiger partial charge in [0, 0.05) is 5.92 Å².